The lowest BCUT2D eigenvalue weighted by Gasteiger charge is -2.32. The molecule has 2 amide bonds. The summed E-state index contributed by atoms with van der Waals surface area (Å²) in [6, 6.07) is 11.1. The Labute approximate surface area is 212 Å². The van der Waals surface area contributed by atoms with E-state index in [9.17, 15) is 18.0 Å². The highest BCUT2D eigenvalue weighted by atomic mass is 35.5. The van der Waals surface area contributed by atoms with Gasteiger partial charge in [-0.1, -0.05) is 60.0 Å². The second-order valence-corrected chi connectivity index (χ2v) is 11.1. The zero-order chi connectivity index (χ0) is 25.6. The maximum absolute atomic E-state index is 13.5. The summed E-state index contributed by atoms with van der Waals surface area (Å²) in [6.07, 6.45) is 1.72. The number of amides is 2. The zero-order valence-corrected chi connectivity index (χ0v) is 22.3. The number of benzene rings is 2. The summed E-state index contributed by atoms with van der Waals surface area (Å²) in [5.41, 5.74) is 1.97. The van der Waals surface area contributed by atoms with Gasteiger partial charge in [-0.25, -0.2) is 8.42 Å². The minimum Gasteiger partial charge on any atom is -0.352 e. The molecule has 0 fully saturated rings. The molecule has 2 aromatic rings. The van der Waals surface area contributed by atoms with Gasteiger partial charge in [-0.3, -0.25) is 13.9 Å². The van der Waals surface area contributed by atoms with Crippen LogP contribution in [0.1, 0.15) is 38.3 Å². The van der Waals surface area contributed by atoms with E-state index in [-0.39, 0.29) is 34.2 Å². The Morgan fingerprint density at radius 2 is 1.68 bits per heavy atom. The van der Waals surface area contributed by atoms with E-state index in [1.165, 1.54) is 23.1 Å². The molecule has 2 aromatic carbocycles. The fourth-order valence-electron chi connectivity index (χ4n) is 3.21. The number of aryl methyl sites for hydroxylation is 1. The molecular formula is C24H31Cl2N3O4S. The van der Waals surface area contributed by atoms with Gasteiger partial charge in [-0.05, 0) is 51.0 Å². The molecule has 2 rings (SSSR count). The normalized spacial score (nSPS) is 13.1. The number of halogens is 2. The van der Waals surface area contributed by atoms with Crippen molar-refractivity contribution in [2.24, 2.45) is 0 Å². The van der Waals surface area contributed by atoms with Gasteiger partial charge in [-0.15, -0.1) is 0 Å². The average molecular weight is 529 g/mol. The molecular weight excluding hydrogens is 497 g/mol. The van der Waals surface area contributed by atoms with Gasteiger partial charge >= 0.3 is 0 Å². The Kier molecular flexibility index (Phi) is 9.79. The van der Waals surface area contributed by atoms with Gasteiger partial charge in [-0.2, -0.15) is 0 Å². The van der Waals surface area contributed by atoms with Crippen LogP contribution >= 0.6 is 23.2 Å². The largest absolute Gasteiger partial charge is 0.352 e. The molecule has 0 aliphatic heterocycles. The number of sulfonamides is 1. The first kappa shape index (κ1) is 28.0. The lowest BCUT2D eigenvalue weighted by Crippen LogP contribution is -2.52. The van der Waals surface area contributed by atoms with Crippen LogP contribution in [0.5, 0.6) is 0 Å². The highest BCUT2D eigenvalue weighted by Crippen LogP contribution is 2.31. The molecule has 0 aromatic heterocycles. The average Bonchev–Trinajstić information content (AvgIpc) is 2.77. The van der Waals surface area contributed by atoms with Crippen molar-refractivity contribution in [3.8, 4) is 0 Å². The van der Waals surface area contributed by atoms with Gasteiger partial charge in [0.05, 0.1) is 17.0 Å². The monoisotopic (exact) mass is 527 g/mol. The summed E-state index contributed by atoms with van der Waals surface area (Å²) in [5.74, 6) is -0.865. The first-order chi connectivity index (χ1) is 15.8. The van der Waals surface area contributed by atoms with Gasteiger partial charge in [0.2, 0.25) is 21.8 Å². The third kappa shape index (κ3) is 7.61. The summed E-state index contributed by atoms with van der Waals surface area (Å²) in [5, 5.41) is 3.30. The molecule has 0 heterocycles. The minimum atomic E-state index is -3.89. The Hall–Kier alpha value is -2.29. The Morgan fingerprint density at radius 3 is 2.24 bits per heavy atom. The first-order valence-electron chi connectivity index (χ1n) is 10.9. The number of rotatable bonds is 10. The van der Waals surface area contributed by atoms with Gasteiger partial charge in [0, 0.05) is 17.6 Å². The number of hydrogen-bond acceptors (Lipinski definition) is 4. The van der Waals surface area contributed by atoms with Crippen LogP contribution in [-0.4, -0.2) is 50.0 Å². The van der Waals surface area contributed by atoms with Crippen LogP contribution in [0.25, 0.3) is 0 Å². The molecule has 0 radical (unpaired) electrons. The fourth-order valence-corrected chi connectivity index (χ4v) is 4.50. The van der Waals surface area contributed by atoms with Crippen LogP contribution in [0.4, 0.5) is 5.69 Å². The molecule has 34 heavy (non-hydrogen) atoms. The standard InChI is InChI=1S/C24H31Cl2N3O4S/c1-6-17(3)27-24(31)18(4)28(14-19-9-7-16(2)8-10-19)23(30)15-29(34(5,32)33)22-13-20(25)11-12-21(22)26/h7-13,17-18H,6,14-15H2,1-5H3,(H,27,31)/t17-,18+/m1/s1. The van der Waals surface area contributed by atoms with Crippen LogP contribution in [0, 0.1) is 6.92 Å². The van der Waals surface area contributed by atoms with Gasteiger partial charge in [0.15, 0.2) is 0 Å². The van der Waals surface area contributed by atoms with Crippen LogP contribution in [0.3, 0.4) is 0 Å². The lowest BCUT2D eigenvalue weighted by atomic mass is 10.1. The van der Waals surface area contributed by atoms with Gasteiger partial charge in [0.1, 0.15) is 12.6 Å². The van der Waals surface area contributed by atoms with Gasteiger partial charge in [0.25, 0.3) is 0 Å². The van der Waals surface area contributed by atoms with E-state index in [0.29, 0.717) is 0 Å². The molecule has 0 aliphatic carbocycles. The van der Waals surface area contributed by atoms with Crippen molar-refractivity contribution < 1.29 is 18.0 Å². The Bertz CT molecular complexity index is 1120. The van der Waals surface area contributed by atoms with E-state index < -0.39 is 28.5 Å². The van der Waals surface area contributed by atoms with E-state index in [2.05, 4.69) is 5.32 Å². The molecule has 2 atom stereocenters. The molecule has 7 nitrogen and oxygen atoms in total. The van der Waals surface area contributed by atoms with Crippen molar-refractivity contribution in [1.29, 1.82) is 0 Å². The van der Waals surface area contributed by atoms with E-state index in [1.807, 2.05) is 45.0 Å². The van der Waals surface area contributed by atoms with E-state index in [4.69, 9.17) is 23.2 Å². The topological polar surface area (TPSA) is 86.8 Å². The Balaban J connectivity index is 2.42. The summed E-state index contributed by atoms with van der Waals surface area (Å²) in [6.45, 7) is 7.00. The van der Waals surface area contributed by atoms with E-state index >= 15 is 0 Å². The van der Waals surface area contributed by atoms with Crippen LogP contribution < -0.4 is 9.62 Å². The number of anilines is 1. The summed E-state index contributed by atoms with van der Waals surface area (Å²) in [4.78, 5) is 27.8. The number of carbonyl (C=O) groups is 2. The van der Waals surface area contributed by atoms with E-state index in [1.54, 1.807) is 6.92 Å². The highest BCUT2D eigenvalue weighted by Gasteiger charge is 2.31. The molecule has 1 N–H and O–H groups in total. The summed E-state index contributed by atoms with van der Waals surface area (Å²) in [7, 11) is -3.89. The lowest BCUT2D eigenvalue weighted by molar-refractivity contribution is -0.139. The maximum Gasteiger partial charge on any atom is 0.244 e. The number of nitrogens with zero attached hydrogens (tertiary/aromatic N) is 2. The van der Waals surface area contributed by atoms with Crippen molar-refractivity contribution in [3.05, 3.63) is 63.6 Å². The third-order valence-corrected chi connectivity index (χ3v) is 7.18. The highest BCUT2D eigenvalue weighted by molar-refractivity contribution is 7.92. The second kappa shape index (κ2) is 11.9. The van der Waals surface area contributed by atoms with Crippen LogP contribution in [0.15, 0.2) is 42.5 Å². The van der Waals surface area contributed by atoms with Crippen molar-refractivity contribution >= 4 is 50.7 Å². The van der Waals surface area contributed by atoms with Crippen molar-refractivity contribution in [2.75, 3.05) is 17.1 Å². The number of hydrogen-bond donors (Lipinski definition) is 1. The Morgan fingerprint density at radius 1 is 1.06 bits per heavy atom. The molecule has 0 aliphatic rings. The quantitative estimate of drug-likeness (QED) is 0.495. The SMILES string of the molecule is CC[C@@H](C)NC(=O)[C@H](C)N(Cc1ccc(C)cc1)C(=O)CN(c1cc(Cl)ccc1Cl)S(C)(=O)=O. The van der Waals surface area contributed by atoms with Crippen molar-refractivity contribution in [1.82, 2.24) is 10.2 Å². The molecule has 186 valence electrons. The number of carbonyl (C=O) groups excluding carboxylic acids is 2. The predicted molar refractivity (Wildman–Crippen MR) is 138 cm³/mol. The molecule has 10 heteroatoms. The minimum absolute atomic E-state index is 0.0657. The van der Waals surface area contributed by atoms with E-state index in [0.717, 1.165) is 28.1 Å². The molecule has 0 saturated heterocycles. The van der Waals surface area contributed by atoms with Crippen molar-refractivity contribution in [3.63, 3.8) is 0 Å². The second-order valence-electron chi connectivity index (χ2n) is 8.37. The fraction of sp³-hybridized carbons (Fsp3) is 0.417. The first-order valence-corrected chi connectivity index (χ1v) is 13.5. The van der Waals surface area contributed by atoms with Gasteiger partial charge < -0.3 is 10.2 Å². The molecule has 0 spiro atoms. The number of nitrogens with one attached hydrogen (secondary N) is 1. The molecule has 0 unspecified atom stereocenters. The maximum atomic E-state index is 13.5. The van der Waals surface area contributed by atoms with Crippen LogP contribution in [-0.2, 0) is 26.2 Å². The zero-order valence-electron chi connectivity index (χ0n) is 20.0. The summed E-state index contributed by atoms with van der Waals surface area (Å²) < 4.78 is 26.1. The third-order valence-electron chi connectivity index (χ3n) is 5.50. The predicted octanol–water partition coefficient (Wildman–Crippen LogP) is 4.40. The smallest absolute Gasteiger partial charge is 0.244 e. The summed E-state index contributed by atoms with van der Waals surface area (Å²) >= 11 is 12.3. The van der Waals surface area contributed by atoms with Crippen LogP contribution in [0.2, 0.25) is 10.0 Å². The molecule has 0 saturated carbocycles. The molecule has 0 bridgehead atoms. The van der Waals surface area contributed by atoms with Crippen molar-refractivity contribution in [2.45, 2.75) is 52.7 Å².